The Morgan fingerprint density at radius 3 is 2.25 bits per heavy atom. The van der Waals surface area contributed by atoms with Crippen molar-refractivity contribution in [3.63, 3.8) is 0 Å². The monoisotopic (exact) mass is 212 g/mol. The van der Waals surface area contributed by atoms with Gasteiger partial charge in [0.2, 0.25) is 0 Å². The van der Waals surface area contributed by atoms with Crippen LogP contribution in [0.25, 0.3) is 10.9 Å². The largest absolute Gasteiger partial charge is 0.365 e. The van der Waals surface area contributed by atoms with Crippen LogP contribution in [0.5, 0.6) is 0 Å². The summed E-state index contributed by atoms with van der Waals surface area (Å²) in [5.41, 5.74) is 3.66. The number of hydrogen-bond acceptors (Lipinski definition) is 0. The van der Waals surface area contributed by atoms with Crippen LogP contribution in [-0.4, -0.2) is 9.97 Å². The van der Waals surface area contributed by atoms with E-state index in [1.54, 1.807) is 0 Å². The van der Waals surface area contributed by atoms with Crippen LogP contribution in [0.1, 0.15) is 11.4 Å². The van der Waals surface area contributed by atoms with E-state index >= 15 is 0 Å². The van der Waals surface area contributed by atoms with Crippen molar-refractivity contribution in [1.29, 1.82) is 0 Å². The van der Waals surface area contributed by atoms with Gasteiger partial charge in [0.1, 0.15) is 0 Å². The van der Waals surface area contributed by atoms with Crippen molar-refractivity contribution < 1.29 is 0 Å². The third-order valence-corrected chi connectivity index (χ3v) is 2.42. The van der Waals surface area contributed by atoms with Crippen LogP contribution in [0.2, 0.25) is 0 Å². The smallest absolute Gasteiger partial charge is 0.0455 e. The molecule has 0 amide bonds. The number of H-pyrrole nitrogens is 2. The molecular weight excluding hydrogens is 196 g/mol. The van der Waals surface area contributed by atoms with E-state index in [2.05, 4.69) is 41.2 Å². The molecular formula is C14H16N2. The summed E-state index contributed by atoms with van der Waals surface area (Å²) in [6.45, 7) is 4.10. The molecule has 2 N–H and O–H groups in total. The third-order valence-electron chi connectivity index (χ3n) is 2.42. The van der Waals surface area contributed by atoms with Crippen LogP contribution in [0, 0.1) is 13.8 Å². The minimum Gasteiger partial charge on any atom is -0.365 e. The maximum atomic E-state index is 3.26. The molecule has 0 unspecified atom stereocenters. The molecule has 2 heteroatoms. The molecule has 0 spiro atoms. The Labute approximate surface area is 95.3 Å². The molecule has 82 valence electrons. The quantitative estimate of drug-likeness (QED) is 0.568. The van der Waals surface area contributed by atoms with Crippen molar-refractivity contribution in [3.8, 4) is 0 Å². The topological polar surface area (TPSA) is 31.6 Å². The van der Waals surface area contributed by atoms with Crippen LogP contribution in [-0.2, 0) is 0 Å². The first-order chi connectivity index (χ1) is 7.75. The van der Waals surface area contributed by atoms with Crippen molar-refractivity contribution in [1.82, 2.24) is 9.97 Å². The van der Waals surface area contributed by atoms with Crippen molar-refractivity contribution in [3.05, 3.63) is 60.0 Å². The van der Waals surface area contributed by atoms with Crippen LogP contribution in [0.4, 0.5) is 0 Å². The maximum absolute atomic E-state index is 3.26. The zero-order valence-corrected chi connectivity index (χ0v) is 9.62. The third kappa shape index (κ3) is 2.54. The van der Waals surface area contributed by atoms with E-state index in [4.69, 9.17) is 0 Å². The molecule has 0 aliphatic carbocycles. The van der Waals surface area contributed by atoms with Crippen molar-refractivity contribution >= 4 is 10.9 Å². The van der Waals surface area contributed by atoms with Crippen molar-refractivity contribution in [2.75, 3.05) is 0 Å². The average Bonchev–Trinajstić information content (AvgIpc) is 2.86. The number of benzene rings is 1. The number of rotatable bonds is 0. The zero-order valence-electron chi connectivity index (χ0n) is 9.62. The highest BCUT2D eigenvalue weighted by Crippen LogP contribution is 2.12. The summed E-state index contributed by atoms with van der Waals surface area (Å²) < 4.78 is 0. The molecule has 2 aromatic heterocycles. The fraction of sp³-hybridized carbons (Fsp3) is 0.143. The van der Waals surface area contributed by atoms with E-state index in [1.807, 2.05) is 31.3 Å². The number of para-hydroxylation sites is 1. The molecule has 0 radical (unpaired) electrons. The first-order valence-electron chi connectivity index (χ1n) is 5.40. The number of aromatic amines is 2. The minimum absolute atomic E-state index is 1.22. The van der Waals surface area contributed by atoms with Gasteiger partial charge in [-0.05, 0) is 43.5 Å². The molecule has 0 atom stereocenters. The Bertz CT molecular complexity index is 514. The lowest BCUT2D eigenvalue weighted by atomic mass is 10.2. The second-order valence-electron chi connectivity index (χ2n) is 3.89. The van der Waals surface area contributed by atoms with Gasteiger partial charge in [0, 0.05) is 23.1 Å². The fourth-order valence-electron chi connectivity index (χ4n) is 1.64. The van der Waals surface area contributed by atoms with Gasteiger partial charge < -0.3 is 9.97 Å². The van der Waals surface area contributed by atoms with Gasteiger partial charge in [-0.1, -0.05) is 18.2 Å². The van der Waals surface area contributed by atoms with Gasteiger partial charge in [0.15, 0.2) is 0 Å². The molecule has 2 nitrogen and oxygen atoms in total. The van der Waals surface area contributed by atoms with Crippen molar-refractivity contribution in [2.24, 2.45) is 0 Å². The summed E-state index contributed by atoms with van der Waals surface area (Å²) >= 11 is 0. The fourth-order valence-corrected chi connectivity index (χ4v) is 1.64. The standard InChI is InChI=1S/C9H9N.C5H7N/c1-7-6-8-4-2-3-5-9(8)10-7;1-5-3-2-4-6-5/h2-6,10H,1H3;2-4,6H,1H3. The van der Waals surface area contributed by atoms with Gasteiger partial charge in [-0.2, -0.15) is 0 Å². The average molecular weight is 212 g/mol. The second-order valence-corrected chi connectivity index (χ2v) is 3.89. The molecule has 0 aliphatic rings. The van der Waals surface area contributed by atoms with Gasteiger partial charge in [-0.15, -0.1) is 0 Å². The normalized spacial score (nSPS) is 9.88. The number of fused-ring (bicyclic) bond motifs is 1. The van der Waals surface area contributed by atoms with E-state index in [0.717, 1.165) is 0 Å². The Morgan fingerprint density at radius 2 is 1.69 bits per heavy atom. The van der Waals surface area contributed by atoms with Gasteiger partial charge >= 0.3 is 0 Å². The molecule has 0 fully saturated rings. The molecule has 1 aromatic carbocycles. The number of aromatic nitrogens is 2. The van der Waals surface area contributed by atoms with Gasteiger partial charge in [-0.3, -0.25) is 0 Å². The lowest BCUT2D eigenvalue weighted by Gasteiger charge is -1.83. The molecule has 0 saturated carbocycles. The van der Waals surface area contributed by atoms with Crippen LogP contribution in [0.3, 0.4) is 0 Å². The van der Waals surface area contributed by atoms with Crippen LogP contribution < -0.4 is 0 Å². The van der Waals surface area contributed by atoms with E-state index in [9.17, 15) is 0 Å². The Balaban J connectivity index is 0.000000138. The number of aryl methyl sites for hydroxylation is 2. The second kappa shape index (κ2) is 4.71. The summed E-state index contributed by atoms with van der Waals surface area (Å²) in [7, 11) is 0. The summed E-state index contributed by atoms with van der Waals surface area (Å²) in [6.07, 6.45) is 1.91. The van der Waals surface area contributed by atoms with E-state index in [-0.39, 0.29) is 0 Å². The van der Waals surface area contributed by atoms with E-state index < -0.39 is 0 Å². The molecule has 16 heavy (non-hydrogen) atoms. The molecule has 3 aromatic rings. The van der Waals surface area contributed by atoms with Gasteiger partial charge in [0.05, 0.1) is 0 Å². The lowest BCUT2D eigenvalue weighted by molar-refractivity contribution is 1.27. The Kier molecular flexibility index (Phi) is 3.10. The molecule has 3 rings (SSSR count). The lowest BCUT2D eigenvalue weighted by Crippen LogP contribution is -1.65. The van der Waals surface area contributed by atoms with Gasteiger partial charge in [-0.25, -0.2) is 0 Å². The minimum atomic E-state index is 1.22. The Hall–Kier alpha value is -1.96. The van der Waals surface area contributed by atoms with Gasteiger partial charge in [0.25, 0.3) is 0 Å². The maximum Gasteiger partial charge on any atom is 0.0455 e. The summed E-state index contributed by atoms with van der Waals surface area (Å²) in [6, 6.07) is 14.4. The van der Waals surface area contributed by atoms with Crippen LogP contribution in [0.15, 0.2) is 48.7 Å². The first kappa shape index (κ1) is 10.6. The molecule has 0 bridgehead atoms. The summed E-state index contributed by atoms with van der Waals surface area (Å²) in [5.74, 6) is 0. The molecule has 0 saturated heterocycles. The molecule has 0 aliphatic heterocycles. The first-order valence-corrected chi connectivity index (χ1v) is 5.40. The van der Waals surface area contributed by atoms with E-state index in [1.165, 1.54) is 22.3 Å². The number of nitrogens with one attached hydrogen (secondary N) is 2. The number of hydrogen-bond donors (Lipinski definition) is 2. The SMILES string of the molecule is Cc1cc2ccccc2[nH]1.Cc1ccc[nH]1. The van der Waals surface area contributed by atoms with Crippen molar-refractivity contribution in [2.45, 2.75) is 13.8 Å². The van der Waals surface area contributed by atoms with E-state index in [0.29, 0.717) is 0 Å². The van der Waals surface area contributed by atoms with Crippen LogP contribution >= 0.6 is 0 Å². The predicted octanol–water partition coefficient (Wildman–Crippen LogP) is 3.80. The summed E-state index contributed by atoms with van der Waals surface area (Å²) in [4.78, 5) is 6.26. The summed E-state index contributed by atoms with van der Waals surface area (Å²) in [5, 5.41) is 1.29. The highest BCUT2D eigenvalue weighted by atomic mass is 14.7. The highest BCUT2D eigenvalue weighted by Gasteiger charge is 1.92. The zero-order chi connectivity index (χ0) is 11.4. The molecule has 2 heterocycles. The Morgan fingerprint density at radius 1 is 0.875 bits per heavy atom. The highest BCUT2D eigenvalue weighted by molar-refractivity contribution is 5.79. The predicted molar refractivity (Wildman–Crippen MR) is 68.6 cm³/mol.